The van der Waals surface area contributed by atoms with Crippen LogP contribution >= 0.6 is 0 Å². The van der Waals surface area contributed by atoms with E-state index in [1.165, 1.54) is 16.3 Å². The molecule has 0 unspecified atom stereocenters. The van der Waals surface area contributed by atoms with E-state index in [-0.39, 0.29) is 0 Å². The van der Waals surface area contributed by atoms with Crippen molar-refractivity contribution in [1.82, 2.24) is 4.57 Å². The van der Waals surface area contributed by atoms with Gasteiger partial charge in [-0.25, -0.2) is 0 Å². The number of rotatable bonds is 2. The largest absolute Gasteiger partial charge is 0.336 e. The molecule has 0 spiro atoms. The molecule has 0 bridgehead atoms. The number of aromatic nitrogens is 1. The van der Waals surface area contributed by atoms with Crippen LogP contribution in [-0.4, -0.2) is 4.57 Å². The fourth-order valence-electron chi connectivity index (χ4n) is 2.24. The van der Waals surface area contributed by atoms with Crippen LogP contribution in [0.1, 0.15) is 0 Å². The Morgan fingerprint density at radius 1 is 1.12 bits per heavy atom. The monoisotopic (exact) mass is 206 g/mol. The highest BCUT2D eigenvalue weighted by molar-refractivity contribution is 6.07. The number of hydrogen-bond acceptors (Lipinski definition) is 0. The molecule has 1 radical (unpaired) electrons. The molecular weight excluding hydrogens is 194 g/mol. The summed E-state index contributed by atoms with van der Waals surface area (Å²) in [5, 5.41) is 2.55. The Morgan fingerprint density at radius 3 is 2.81 bits per heavy atom. The molecule has 0 saturated heterocycles. The Bertz CT molecular complexity index is 608. The Balaban J connectivity index is 2.53. The van der Waals surface area contributed by atoms with Gasteiger partial charge >= 0.3 is 0 Å². The third kappa shape index (κ3) is 1.18. The first-order valence-corrected chi connectivity index (χ1v) is 5.40. The predicted molar refractivity (Wildman–Crippen MR) is 68.5 cm³/mol. The maximum absolute atomic E-state index is 3.81. The van der Waals surface area contributed by atoms with Crippen molar-refractivity contribution in [2.75, 3.05) is 0 Å². The number of benzene rings is 2. The fourth-order valence-corrected chi connectivity index (χ4v) is 2.24. The predicted octanol–water partition coefficient (Wildman–Crippen LogP) is 3.78. The van der Waals surface area contributed by atoms with E-state index < -0.39 is 0 Å². The highest BCUT2D eigenvalue weighted by Gasteiger charge is 2.07. The van der Waals surface area contributed by atoms with E-state index in [1.54, 1.807) is 0 Å². The molecule has 0 fully saturated rings. The van der Waals surface area contributed by atoms with Gasteiger partial charge in [0.25, 0.3) is 0 Å². The van der Waals surface area contributed by atoms with Crippen molar-refractivity contribution < 1.29 is 0 Å². The van der Waals surface area contributed by atoms with Crippen LogP contribution in [0.2, 0.25) is 0 Å². The van der Waals surface area contributed by atoms with Crippen LogP contribution in [0.3, 0.4) is 0 Å². The van der Waals surface area contributed by atoms with Crippen LogP contribution in [-0.2, 0) is 6.54 Å². The molecule has 0 aliphatic carbocycles. The average Bonchev–Trinajstić information content (AvgIpc) is 2.66. The van der Waals surface area contributed by atoms with E-state index in [4.69, 9.17) is 0 Å². The molecule has 77 valence electrons. The SMILES string of the molecule is C=CCn1c2[c]cccc2c2ccccc21. The second-order valence-electron chi connectivity index (χ2n) is 3.85. The lowest BCUT2D eigenvalue weighted by molar-refractivity contribution is 0.900. The molecule has 0 N–H and O–H groups in total. The first kappa shape index (κ1) is 9.22. The van der Waals surface area contributed by atoms with Gasteiger partial charge in [0.15, 0.2) is 0 Å². The van der Waals surface area contributed by atoms with E-state index in [2.05, 4.69) is 47.5 Å². The second kappa shape index (κ2) is 3.53. The lowest BCUT2D eigenvalue weighted by Gasteiger charge is -2.02. The molecule has 0 aliphatic heterocycles. The zero-order chi connectivity index (χ0) is 11.0. The van der Waals surface area contributed by atoms with Crippen molar-refractivity contribution in [2.45, 2.75) is 6.54 Å². The second-order valence-corrected chi connectivity index (χ2v) is 3.85. The molecule has 3 aromatic rings. The molecule has 1 heteroatoms. The Labute approximate surface area is 94.6 Å². The minimum Gasteiger partial charge on any atom is -0.336 e. The smallest absolute Gasteiger partial charge is 0.0574 e. The quantitative estimate of drug-likeness (QED) is 0.562. The summed E-state index contributed by atoms with van der Waals surface area (Å²) in [6.45, 7) is 4.64. The molecule has 2 aromatic carbocycles. The highest BCUT2D eigenvalue weighted by Crippen LogP contribution is 2.28. The first-order chi connectivity index (χ1) is 7.92. The summed E-state index contributed by atoms with van der Waals surface area (Å²) in [5.41, 5.74) is 2.41. The third-order valence-corrected chi connectivity index (χ3v) is 2.90. The van der Waals surface area contributed by atoms with E-state index in [1.807, 2.05) is 18.2 Å². The number of hydrogen-bond donors (Lipinski definition) is 0. The van der Waals surface area contributed by atoms with E-state index >= 15 is 0 Å². The van der Waals surface area contributed by atoms with Crippen LogP contribution in [0.4, 0.5) is 0 Å². The minimum atomic E-state index is 0.824. The highest BCUT2D eigenvalue weighted by atomic mass is 15.0. The standard InChI is InChI=1S/C15H12N/c1-2-11-16-14-9-5-3-7-12(14)13-8-4-6-10-15(13)16/h2-9H,1,11H2. The molecule has 1 aromatic heterocycles. The van der Waals surface area contributed by atoms with Gasteiger partial charge in [-0.1, -0.05) is 42.5 Å². The molecule has 0 saturated carbocycles. The van der Waals surface area contributed by atoms with Crippen molar-refractivity contribution in [3.63, 3.8) is 0 Å². The molecule has 0 atom stereocenters. The number of fused-ring (bicyclic) bond motifs is 3. The summed E-state index contributed by atoms with van der Waals surface area (Å²) in [7, 11) is 0. The zero-order valence-electron chi connectivity index (χ0n) is 8.98. The first-order valence-electron chi connectivity index (χ1n) is 5.40. The normalized spacial score (nSPS) is 11.0. The summed E-state index contributed by atoms with van der Waals surface area (Å²) >= 11 is 0. The van der Waals surface area contributed by atoms with E-state index in [0.717, 1.165) is 12.1 Å². The Morgan fingerprint density at radius 2 is 1.94 bits per heavy atom. The molecule has 3 rings (SSSR count). The van der Waals surface area contributed by atoms with Crippen molar-refractivity contribution >= 4 is 21.8 Å². The van der Waals surface area contributed by atoms with Gasteiger partial charge in [-0.05, 0) is 6.07 Å². The van der Waals surface area contributed by atoms with Crippen molar-refractivity contribution in [1.29, 1.82) is 0 Å². The summed E-state index contributed by atoms with van der Waals surface area (Å²) in [6.07, 6.45) is 1.92. The molecule has 0 amide bonds. The van der Waals surface area contributed by atoms with Crippen LogP contribution in [0.15, 0.2) is 55.1 Å². The lowest BCUT2D eigenvalue weighted by atomic mass is 10.2. The summed E-state index contributed by atoms with van der Waals surface area (Å²) in [5.74, 6) is 0. The van der Waals surface area contributed by atoms with Gasteiger partial charge in [0.2, 0.25) is 0 Å². The van der Waals surface area contributed by atoms with Gasteiger partial charge < -0.3 is 4.57 Å². The van der Waals surface area contributed by atoms with Crippen molar-refractivity contribution in [2.24, 2.45) is 0 Å². The van der Waals surface area contributed by atoms with E-state index in [9.17, 15) is 0 Å². The lowest BCUT2D eigenvalue weighted by Crippen LogP contribution is -1.93. The van der Waals surface area contributed by atoms with Gasteiger partial charge in [0.1, 0.15) is 0 Å². The topological polar surface area (TPSA) is 4.93 Å². The van der Waals surface area contributed by atoms with Crippen LogP contribution < -0.4 is 0 Å². The molecule has 1 heterocycles. The molecule has 1 nitrogen and oxygen atoms in total. The van der Waals surface area contributed by atoms with Gasteiger partial charge in [-0.2, -0.15) is 0 Å². The van der Waals surface area contributed by atoms with Crippen LogP contribution in [0.5, 0.6) is 0 Å². The maximum atomic E-state index is 3.81. The fraction of sp³-hybridized carbons (Fsp3) is 0.0667. The Kier molecular flexibility index (Phi) is 2.03. The number of allylic oxidation sites excluding steroid dienone is 1. The average molecular weight is 206 g/mol. The third-order valence-electron chi connectivity index (χ3n) is 2.90. The molecule has 0 aliphatic rings. The van der Waals surface area contributed by atoms with Gasteiger partial charge in [-0.3, -0.25) is 0 Å². The summed E-state index contributed by atoms with van der Waals surface area (Å²) in [4.78, 5) is 0. The zero-order valence-corrected chi connectivity index (χ0v) is 8.98. The van der Waals surface area contributed by atoms with Crippen molar-refractivity contribution in [3.05, 3.63) is 61.2 Å². The summed E-state index contributed by atoms with van der Waals surface area (Å²) < 4.78 is 2.25. The molecular formula is C15H12N. The van der Waals surface area contributed by atoms with Gasteiger partial charge in [0.05, 0.1) is 5.52 Å². The number of nitrogens with zero attached hydrogens (tertiary/aromatic N) is 1. The van der Waals surface area contributed by atoms with Crippen LogP contribution in [0, 0.1) is 6.07 Å². The molecule has 16 heavy (non-hydrogen) atoms. The number of para-hydroxylation sites is 2. The Hall–Kier alpha value is -2.02. The minimum absolute atomic E-state index is 0.824. The van der Waals surface area contributed by atoms with E-state index in [0.29, 0.717) is 0 Å². The van der Waals surface area contributed by atoms with Crippen molar-refractivity contribution in [3.8, 4) is 0 Å². The maximum Gasteiger partial charge on any atom is 0.0574 e. The van der Waals surface area contributed by atoms with Gasteiger partial charge in [-0.15, -0.1) is 6.58 Å². The summed E-state index contributed by atoms with van der Waals surface area (Å²) in [6, 6.07) is 17.9. The van der Waals surface area contributed by atoms with Gasteiger partial charge in [0, 0.05) is 28.9 Å². The van der Waals surface area contributed by atoms with Crippen LogP contribution in [0.25, 0.3) is 21.8 Å².